The largest absolute Gasteiger partial charge is 0.388 e. The first-order chi connectivity index (χ1) is 7.81. The Morgan fingerprint density at radius 2 is 2.06 bits per heavy atom. The molecule has 2 aromatic rings. The summed E-state index contributed by atoms with van der Waals surface area (Å²) in [5.74, 6) is 0.818. The Labute approximate surface area is 94.6 Å². The van der Waals surface area contributed by atoms with E-state index in [1.807, 2.05) is 37.3 Å². The van der Waals surface area contributed by atoms with Crippen LogP contribution in [0.1, 0.15) is 24.4 Å². The summed E-state index contributed by atoms with van der Waals surface area (Å²) in [7, 11) is 0. The minimum atomic E-state index is -0.518. The van der Waals surface area contributed by atoms with Crippen LogP contribution in [0.15, 0.2) is 36.7 Å². The Hall–Kier alpha value is -1.68. The Morgan fingerprint density at radius 3 is 2.75 bits per heavy atom. The van der Waals surface area contributed by atoms with Gasteiger partial charge in [-0.3, -0.25) is 4.68 Å². The molecule has 0 radical (unpaired) electrons. The molecule has 0 aliphatic heterocycles. The number of hydrogen-bond acceptors (Lipinski definition) is 3. The first-order valence-corrected chi connectivity index (χ1v) is 5.41. The molecule has 0 aliphatic rings. The predicted octanol–water partition coefficient (Wildman–Crippen LogP) is 1.57. The number of aromatic nitrogens is 3. The van der Waals surface area contributed by atoms with Crippen molar-refractivity contribution >= 4 is 0 Å². The maximum absolute atomic E-state index is 10.0. The van der Waals surface area contributed by atoms with Gasteiger partial charge in [-0.05, 0) is 12.5 Å². The smallest absolute Gasteiger partial charge is 0.138 e. The fourth-order valence-electron chi connectivity index (χ4n) is 1.68. The Kier molecular flexibility index (Phi) is 3.31. The molecule has 0 bridgehead atoms. The van der Waals surface area contributed by atoms with Crippen molar-refractivity contribution < 1.29 is 5.11 Å². The van der Waals surface area contributed by atoms with E-state index < -0.39 is 6.10 Å². The number of hydrogen-bond donors (Lipinski definition) is 1. The van der Waals surface area contributed by atoms with Crippen LogP contribution in [0, 0.1) is 0 Å². The molecule has 1 heterocycles. The summed E-state index contributed by atoms with van der Waals surface area (Å²) in [6.07, 6.45) is 1.50. The van der Waals surface area contributed by atoms with Crippen molar-refractivity contribution in [2.24, 2.45) is 0 Å². The van der Waals surface area contributed by atoms with Gasteiger partial charge < -0.3 is 5.11 Å². The van der Waals surface area contributed by atoms with Crippen molar-refractivity contribution in [3.8, 4) is 0 Å². The second-order valence-corrected chi connectivity index (χ2v) is 3.62. The normalized spacial score (nSPS) is 12.6. The second-order valence-electron chi connectivity index (χ2n) is 3.62. The van der Waals surface area contributed by atoms with Gasteiger partial charge in [0.15, 0.2) is 0 Å². The molecular formula is C12H15N3O. The molecule has 1 aromatic carbocycles. The van der Waals surface area contributed by atoms with E-state index in [4.69, 9.17) is 0 Å². The van der Waals surface area contributed by atoms with E-state index in [0.29, 0.717) is 6.42 Å². The van der Waals surface area contributed by atoms with Crippen molar-refractivity contribution in [2.45, 2.75) is 26.0 Å². The highest BCUT2D eigenvalue weighted by Gasteiger charge is 2.11. The standard InChI is InChI=1S/C12H15N3O/c1-2-15-12(13-9-14-15)8-11(16)10-6-4-3-5-7-10/h3-7,9,11,16H,2,8H2,1H3. The van der Waals surface area contributed by atoms with Gasteiger partial charge in [-0.25, -0.2) is 4.98 Å². The number of aliphatic hydroxyl groups excluding tert-OH is 1. The Balaban J connectivity index is 2.11. The molecule has 0 saturated heterocycles. The van der Waals surface area contributed by atoms with Gasteiger partial charge in [-0.1, -0.05) is 30.3 Å². The van der Waals surface area contributed by atoms with Crippen LogP contribution in [0.5, 0.6) is 0 Å². The maximum atomic E-state index is 10.0. The summed E-state index contributed by atoms with van der Waals surface area (Å²) in [4.78, 5) is 4.14. The average molecular weight is 217 g/mol. The molecule has 0 saturated carbocycles. The zero-order valence-corrected chi connectivity index (χ0v) is 9.24. The topological polar surface area (TPSA) is 50.9 Å². The van der Waals surface area contributed by atoms with Crippen LogP contribution in [-0.2, 0) is 13.0 Å². The van der Waals surface area contributed by atoms with E-state index >= 15 is 0 Å². The lowest BCUT2D eigenvalue weighted by Crippen LogP contribution is -2.09. The third kappa shape index (κ3) is 2.28. The van der Waals surface area contributed by atoms with Gasteiger partial charge in [0.1, 0.15) is 12.2 Å². The van der Waals surface area contributed by atoms with Crippen molar-refractivity contribution in [1.82, 2.24) is 14.8 Å². The van der Waals surface area contributed by atoms with Crippen LogP contribution in [0.3, 0.4) is 0 Å². The van der Waals surface area contributed by atoms with Crippen LogP contribution in [0.25, 0.3) is 0 Å². The summed E-state index contributed by atoms with van der Waals surface area (Å²) >= 11 is 0. The van der Waals surface area contributed by atoms with Crippen molar-refractivity contribution in [2.75, 3.05) is 0 Å². The Bertz CT molecular complexity index is 439. The Morgan fingerprint density at radius 1 is 1.31 bits per heavy atom. The molecule has 1 atom stereocenters. The molecule has 2 rings (SSSR count). The van der Waals surface area contributed by atoms with E-state index in [2.05, 4.69) is 10.1 Å². The highest BCUT2D eigenvalue weighted by Crippen LogP contribution is 2.16. The van der Waals surface area contributed by atoms with E-state index in [0.717, 1.165) is 17.9 Å². The molecule has 1 aromatic heterocycles. The van der Waals surface area contributed by atoms with Crippen LogP contribution in [0.4, 0.5) is 0 Å². The molecule has 4 heteroatoms. The van der Waals surface area contributed by atoms with Crippen molar-refractivity contribution in [3.63, 3.8) is 0 Å². The molecule has 1 N–H and O–H groups in total. The van der Waals surface area contributed by atoms with Gasteiger partial charge in [0.25, 0.3) is 0 Å². The fourth-order valence-corrected chi connectivity index (χ4v) is 1.68. The molecule has 1 unspecified atom stereocenters. The zero-order valence-electron chi connectivity index (χ0n) is 9.24. The van der Waals surface area contributed by atoms with Gasteiger partial charge >= 0.3 is 0 Å². The van der Waals surface area contributed by atoms with E-state index in [1.54, 1.807) is 4.68 Å². The average Bonchev–Trinajstić information content (AvgIpc) is 2.77. The molecule has 0 aliphatic carbocycles. The third-order valence-corrected chi connectivity index (χ3v) is 2.56. The third-order valence-electron chi connectivity index (χ3n) is 2.56. The first-order valence-electron chi connectivity index (χ1n) is 5.41. The molecule has 0 amide bonds. The SMILES string of the molecule is CCn1ncnc1CC(O)c1ccccc1. The minimum absolute atomic E-state index is 0.498. The number of aryl methyl sites for hydroxylation is 1. The van der Waals surface area contributed by atoms with E-state index in [-0.39, 0.29) is 0 Å². The van der Waals surface area contributed by atoms with Gasteiger partial charge in [-0.15, -0.1) is 0 Å². The summed E-state index contributed by atoms with van der Waals surface area (Å²) in [5.41, 5.74) is 0.910. The lowest BCUT2D eigenvalue weighted by molar-refractivity contribution is 0.174. The van der Waals surface area contributed by atoms with Crippen molar-refractivity contribution in [1.29, 1.82) is 0 Å². The molecule has 4 nitrogen and oxygen atoms in total. The molecular weight excluding hydrogens is 202 g/mol. The van der Waals surface area contributed by atoms with Crippen LogP contribution in [0.2, 0.25) is 0 Å². The van der Waals surface area contributed by atoms with E-state index in [1.165, 1.54) is 6.33 Å². The van der Waals surface area contributed by atoms with Gasteiger partial charge in [0, 0.05) is 13.0 Å². The maximum Gasteiger partial charge on any atom is 0.138 e. The van der Waals surface area contributed by atoms with Gasteiger partial charge in [0.2, 0.25) is 0 Å². The highest BCUT2D eigenvalue weighted by atomic mass is 16.3. The summed E-state index contributed by atoms with van der Waals surface area (Å²) in [6.45, 7) is 2.78. The molecule has 0 spiro atoms. The second kappa shape index (κ2) is 4.90. The van der Waals surface area contributed by atoms with Crippen LogP contribution < -0.4 is 0 Å². The van der Waals surface area contributed by atoms with Gasteiger partial charge in [0.05, 0.1) is 6.10 Å². The summed E-state index contributed by atoms with van der Waals surface area (Å²) in [6, 6.07) is 9.60. The lowest BCUT2D eigenvalue weighted by Gasteiger charge is -2.10. The first kappa shape index (κ1) is 10.8. The summed E-state index contributed by atoms with van der Waals surface area (Å²) < 4.78 is 1.80. The van der Waals surface area contributed by atoms with Crippen LogP contribution >= 0.6 is 0 Å². The quantitative estimate of drug-likeness (QED) is 0.845. The monoisotopic (exact) mass is 217 g/mol. The predicted molar refractivity (Wildman–Crippen MR) is 60.8 cm³/mol. The zero-order chi connectivity index (χ0) is 11.4. The molecule has 16 heavy (non-hydrogen) atoms. The highest BCUT2D eigenvalue weighted by molar-refractivity contribution is 5.18. The molecule has 0 fully saturated rings. The number of aliphatic hydroxyl groups is 1. The van der Waals surface area contributed by atoms with Crippen molar-refractivity contribution in [3.05, 3.63) is 48.0 Å². The number of rotatable bonds is 4. The fraction of sp³-hybridized carbons (Fsp3) is 0.333. The van der Waals surface area contributed by atoms with Gasteiger partial charge in [-0.2, -0.15) is 5.10 Å². The number of benzene rings is 1. The lowest BCUT2D eigenvalue weighted by atomic mass is 10.1. The molecule has 84 valence electrons. The number of nitrogens with zero attached hydrogens (tertiary/aromatic N) is 3. The summed E-state index contributed by atoms with van der Waals surface area (Å²) in [5, 5.41) is 14.1. The minimum Gasteiger partial charge on any atom is -0.388 e. The van der Waals surface area contributed by atoms with E-state index in [9.17, 15) is 5.11 Å². The van der Waals surface area contributed by atoms with Crippen LogP contribution in [-0.4, -0.2) is 19.9 Å².